The molecular formula is C18H18N4O2. The van der Waals surface area contributed by atoms with Crippen LogP contribution < -0.4 is 5.32 Å². The second-order valence-electron chi connectivity index (χ2n) is 6.89. The van der Waals surface area contributed by atoms with Gasteiger partial charge in [0.15, 0.2) is 11.5 Å². The van der Waals surface area contributed by atoms with Crippen molar-refractivity contribution >= 4 is 22.7 Å². The maximum Gasteiger partial charge on any atom is 0.228 e. The highest BCUT2D eigenvalue weighted by atomic mass is 16.3. The quantitative estimate of drug-likeness (QED) is 0.800. The first-order valence-electron chi connectivity index (χ1n) is 8.37. The number of aromatic nitrogens is 3. The smallest absolute Gasteiger partial charge is 0.228 e. The third-order valence-electron chi connectivity index (χ3n) is 4.88. The van der Waals surface area contributed by atoms with E-state index < -0.39 is 0 Å². The molecule has 122 valence electrons. The lowest BCUT2D eigenvalue weighted by atomic mass is 10.2. The van der Waals surface area contributed by atoms with Crippen molar-refractivity contribution in [2.24, 2.45) is 13.0 Å². The van der Waals surface area contributed by atoms with E-state index in [0.29, 0.717) is 5.92 Å². The largest absolute Gasteiger partial charge is 0.440 e. The summed E-state index contributed by atoms with van der Waals surface area (Å²) in [5.41, 5.74) is 3.52. The first kappa shape index (κ1) is 13.8. The number of carbonyl (C=O) groups is 1. The van der Waals surface area contributed by atoms with E-state index in [4.69, 9.17) is 4.42 Å². The lowest BCUT2D eigenvalue weighted by Crippen LogP contribution is -2.14. The number of anilines is 1. The molecule has 6 heteroatoms. The Morgan fingerprint density at radius 3 is 3.00 bits per heavy atom. The van der Waals surface area contributed by atoms with E-state index in [1.54, 1.807) is 4.68 Å². The molecule has 6 nitrogen and oxygen atoms in total. The number of rotatable bonds is 4. The van der Waals surface area contributed by atoms with Crippen LogP contribution in [0.5, 0.6) is 0 Å². The molecule has 0 aliphatic heterocycles. The lowest BCUT2D eigenvalue weighted by Gasteiger charge is -2.04. The lowest BCUT2D eigenvalue weighted by molar-refractivity contribution is -0.117. The van der Waals surface area contributed by atoms with Gasteiger partial charge in [-0.15, -0.1) is 0 Å². The Labute approximate surface area is 138 Å². The van der Waals surface area contributed by atoms with Gasteiger partial charge in [0.05, 0.1) is 6.20 Å². The monoisotopic (exact) mass is 322 g/mol. The highest BCUT2D eigenvalue weighted by Gasteiger charge is 2.44. The van der Waals surface area contributed by atoms with Gasteiger partial charge >= 0.3 is 0 Å². The fourth-order valence-electron chi connectivity index (χ4n) is 3.25. The molecule has 2 saturated carbocycles. The van der Waals surface area contributed by atoms with E-state index in [0.717, 1.165) is 47.5 Å². The van der Waals surface area contributed by atoms with Crippen LogP contribution in [0.15, 0.2) is 35.0 Å². The van der Waals surface area contributed by atoms with Gasteiger partial charge in [-0.2, -0.15) is 5.10 Å². The summed E-state index contributed by atoms with van der Waals surface area (Å²) in [6.45, 7) is 0. The van der Waals surface area contributed by atoms with Crippen LogP contribution in [0.4, 0.5) is 5.69 Å². The number of carbonyl (C=O) groups excluding carboxylic acids is 1. The molecule has 3 aromatic rings. The van der Waals surface area contributed by atoms with Crippen LogP contribution in [-0.2, 0) is 11.8 Å². The molecule has 0 unspecified atom stereocenters. The van der Waals surface area contributed by atoms with Gasteiger partial charge in [0, 0.05) is 30.8 Å². The zero-order chi connectivity index (χ0) is 16.3. The minimum atomic E-state index is 0.0317. The summed E-state index contributed by atoms with van der Waals surface area (Å²) in [4.78, 5) is 17.0. The number of benzene rings is 1. The standard InChI is InChI=1S/C18H18N4O2/c1-22-9-11(8-19-22)13-7-14(13)17(23)20-12-4-5-16-15(6-12)21-18(24-16)10-2-3-10/h4-6,8-10,13-14H,2-3,7H2,1H3,(H,20,23)/t13-,14+/m0/s1. The summed E-state index contributed by atoms with van der Waals surface area (Å²) in [6.07, 6.45) is 7.04. The molecular weight excluding hydrogens is 304 g/mol. The molecule has 1 N–H and O–H groups in total. The predicted molar refractivity (Wildman–Crippen MR) is 88.7 cm³/mol. The highest BCUT2D eigenvalue weighted by Crippen LogP contribution is 2.48. The second-order valence-corrected chi connectivity index (χ2v) is 6.89. The van der Waals surface area contributed by atoms with Gasteiger partial charge in [0.1, 0.15) is 5.52 Å². The molecule has 0 bridgehead atoms. The minimum Gasteiger partial charge on any atom is -0.440 e. The van der Waals surface area contributed by atoms with Crippen LogP contribution in [0, 0.1) is 5.92 Å². The fourth-order valence-corrected chi connectivity index (χ4v) is 3.25. The summed E-state index contributed by atoms with van der Waals surface area (Å²) in [5.74, 6) is 1.70. The zero-order valence-electron chi connectivity index (χ0n) is 13.4. The summed E-state index contributed by atoms with van der Waals surface area (Å²) in [5, 5.41) is 7.19. The molecule has 2 aliphatic carbocycles. The Bertz CT molecular complexity index is 938. The van der Waals surface area contributed by atoms with Gasteiger partial charge in [-0.05, 0) is 48.9 Å². The number of hydrogen-bond acceptors (Lipinski definition) is 4. The minimum absolute atomic E-state index is 0.0317. The highest BCUT2D eigenvalue weighted by molar-refractivity contribution is 5.96. The van der Waals surface area contributed by atoms with E-state index in [-0.39, 0.29) is 17.7 Å². The summed E-state index contributed by atoms with van der Waals surface area (Å²) in [7, 11) is 1.89. The van der Waals surface area contributed by atoms with Crippen molar-refractivity contribution in [1.29, 1.82) is 0 Å². The first-order chi connectivity index (χ1) is 11.7. The van der Waals surface area contributed by atoms with Gasteiger partial charge in [-0.1, -0.05) is 0 Å². The van der Waals surface area contributed by atoms with Gasteiger partial charge in [-0.3, -0.25) is 9.48 Å². The van der Waals surface area contributed by atoms with E-state index in [1.165, 1.54) is 0 Å². The number of fused-ring (bicyclic) bond motifs is 1. The fraction of sp³-hybridized carbons (Fsp3) is 0.389. The average molecular weight is 322 g/mol. The summed E-state index contributed by atoms with van der Waals surface area (Å²) >= 11 is 0. The van der Waals surface area contributed by atoms with Crippen molar-refractivity contribution in [1.82, 2.24) is 14.8 Å². The molecule has 0 saturated heterocycles. The van der Waals surface area contributed by atoms with E-state index in [9.17, 15) is 4.79 Å². The van der Waals surface area contributed by atoms with Crippen LogP contribution in [0.3, 0.4) is 0 Å². The van der Waals surface area contributed by atoms with E-state index in [1.807, 2.05) is 37.6 Å². The topological polar surface area (TPSA) is 73.0 Å². The van der Waals surface area contributed by atoms with Gasteiger partial charge < -0.3 is 9.73 Å². The summed E-state index contributed by atoms with van der Waals surface area (Å²) in [6, 6.07) is 5.66. The van der Waals surface area contributed by atoms with Gasteiger partial charge in [0.25, 0.3) is 0 Å². The Kier molecular flexibility index (Phi) is 2.83. The van der Waals surface area contributed by atoms with Crippen molar-refractivity contribution in [3.05, 3.63) is 42.0 Å². The summed E-state index contributed by atoms with van der Waals surface area (Å²) < 4.78 is 7.53. The Hall–Kier alpha value is -2.63. The SMILES string of the molecule is Cn1cc([C@@H]2C[C@H]2C(=O)Nc2ccc3oc(C4CC4)nc3c2)cn1. The number of nitrogens with one attached hydrogen (secondary N) is 1. The Morgan fingerprint density at radius 1 is 1.38 bits per heavy atom. The number of nitrogens with zero attached hydrogens (tertiary/aromatic N) is 3. The van der Waals surface area contributed by atoms with Crippen LogP contribution in [0.2, 0.25) is 0 Å². The molecule has 1 amide bonds. The molecule has 24 heavy (non-hydrogen) atoms. The molecule has 2 heterocycles. The van der Waals surface area contributed by atoms with Crippen molar-refractivity contribution in [2.75, 3.05) is 5.32 Å². The molecule has 5 rings (SSSR count). The number of hydrogen-bond donors (Lipinski definition) is 1. The maximum atomic E-state index is 12.4. The molecule has 0 spiro atoms. The van der Waals surface area contributed by atoms with Crippen molar-refractivity contribution in [3.63, 3.8) is 0 Å². The average Bonchev–Trinajstić information content (AvgIpc) is 3.48. The second kappa shape index (κ2) is 4.93. The van der Waals surface area contributed by atoms with Crippen LogP contribution in [0.25, 0.3) is 11.1 Å². The van der Waals surface area contributed by atoms with Crippen molar-refractivity contribution in [2.45, 2.75) is 31.1 Å². The van der Waals surface area contributed by atoms with E-state index >= 15 is 0 Å². The van der Waals surface area contributed by atoms with E-state index in [2.05, 4.69) is 15.4 Å². The maximum absolute atomic E-state index is 12.4. The molecule has 2 fully saturated rings. The van der Waals surface area contributed by atoms with Crippen LogP contribution in [-0.4, -0.2) is 20.7 Å². The molecule has 1 aromatic carbocycles. The van der Waals surface area contributed by atoms with Crippen molar-refractivity contribution < 1.29 is 9.21 Å². The van der Waals surface area contributed by atoms with Crippen molar-refractivity contribution in [3.8, 4) is 0 Å². The Balaban J connectivity index is 1.30. The molecule has 2 aromatic heterocycles. The Morgan fingerprint density at radius 2 is 2.25 bits per heavy atom. The third-order valence-corrected chi connectivity index (χ3v) is 4.88. The van der Waals surface area contributed by atoms with Crippen LogP contribution >= 0.6 is 0 Å². The molecule has 2 atom stereocenters. The van der Waals surface area contributed by atoms with Crippen LogP contribution in [0.1, 0.15) is 42.6 Å². The normalized spacial score (nSPS) is 22.7. The number of aryl methyl sites for hydroxylation is 1. The third kappa shape index (κ3) is 2.38. The first-order valence-corrected chi connectivity index (χ1v) is 8.37. The number of oxazole rings is 1. The predicted octanol–water partition coefficient (Wildman–Crippen LogP) is 3.18. The van der Waals surface area contributed by atoms with Gasteiger partial charge in [0.2, 0.25) is 5.91 Å². The molecule has 0 radical (unpaired) electrons. The number of amides is 1. The van der Waals surface area contributed by atoms with Gasteiger partial charge in [-0.25, -0.2) is 4.98 Å². The molecule has 2 aliphatic rings. The zero-order valence-corrected chi connectivity index (χ0v) is 13.4.